The van der Waals surface area contributed by atoms with Crippen molar-refractivity contribution in [1.29, 1.82) is 0 Å². The molecule has 0 spiro atoms. The van der Waals surface area contributed by atoms with Crippen molar-refractivity contribution in [3.8, 4) is 11.5 Å². The van der Waals surface area contributed by atoms with Crippen LogP contribution in [0.1, 0.15) is 67.6 Å². The van der Waals surface area contributed by atoms with Gasteiger partial charge in [0.1, 0.15) is 11.5 Å². The molecule has 48 heavy (non-hydrogen) atoms. The zero-order valence-electron chi connectivity index (χ0n) is 28.2. The van der Waals surface area contributed by atoms with Crippen LogP contribution in [0.4, 0.5) is 4.79 Å². The number of likely N-dealkylation sites (tertiary alicyclic amines) is 2. The maximum Gasteiger partial charge on any atom is 0.320 e. The Kier molecular flexibility index (Phi) is 9.95. The van der Waals surface area contributed by atoms with E-state index in [9.17, 15) is 14.4 Å². The summed E-state index contributed by atoms with van der Waals surface area (Å²) >= 11 is 0. The number of ether oxygens (including phenoxy) is 2. The fourth-order valence-electron chi connectivity index (χ4n) is 7.32. The molecule has 0 radical (unpaired) electrons. The van der Waals surface area contributed by atoms with Crippen molar-refractivity contribution < 1.29 is 23.9 Å². The second-order valence-corrected chi connectivity index (χ2v) is 13.2. The molecular formula is C41H44N2O5. The highest BCUT2D eigenvalue weighted by Gasteiger charge is 2.41. The monoisotopic (exact) mass is 644 g/mol. The van der Waals surface area contributed by atoms with E-state index in [0.717, 1.165) is 33.8 Å². The molecule has 0 aliphatic carbocycles. The molecular weight excluding hydrogens is 600 g/mol. The summed E-state index contributed by atoms with van der Waals surface area (Å²) in [5, 5.41) is 0. The average molecular weight is 645 g/mol. The van der Waals surface area contributed by atoms with Gasteiger partial charge >= 0.3 is 6.03 Å². The van der Waals surface area contributed by atoms with Gasteiger partial charge in [0, 0.05) is 61.0 Å². The molecule has 2 aliphatic rings. The first-order chi connectivity index (χ1) is 23.2. The van der Waals surface area contributed by atoms with Crippen LogP contribution in [0.15, 0.2) is 97.1 Å². The minimum Gasteiger partial charge on any atom is -0.497 e. The minimum atomic E-state index is -0.255. The van der Waals surface area contributed by atoms with Gasteiger partial charge in [-0.1, -0.05) is 83.9 Å². The maximum absolute atomic E-state index is 14.3. The molecule has 0 aromatic heterocycles. The predicted octanol–water partition coefficient (Wildman–Crippen LogP) is 7.72. The van der Waals surface area contributed by atoms with E-state index in [-0.39, 0.29) is 41.3 Å². The van der Waals surface area contributed by atoms with E-state index in [1.54, 1.807) is 14.2 Å². The molecule has 7 nitrogen and oxygen atoms in total. The highest BCUT2D eigenvalue weighted by atomic mass is 16.5. The van der Waals surface area contributed by atoms with Crippen LogP contribution in [0.3, 0.4) is 0 Å². The zero-order chi connectivity index (χ0) is 33.8. The number of piperidine rings is 2. The molecule has 0 N–H and O–H groups in total. The Morgan fingerprint density at radius 2 is 0.896 bits per heavy atom. The van der Waals surface area contributed by atoms with Crippen molar-refractivity contribution in [2.24, 2.45) is 11.8 Å². The van der Waals surface area contributed by atoms with Crippen LogP contribution in [0.2, 0.25) is 0 Å². The largest absolute Gasteiger partial charge is 0.497 e. The van der Waals surface area contributed by atoms with E-state index >= 15 is 0 Å². The summed E-state index contributed by atoms with van der Waals surface area (Å²) in [5.74, 6) is 0.870. The maximum atomic E-state index is 14.3. The summed E-state index contributed by atoms with van der Waals surface area (Å²) in [6.45, 7) is 5.87. The van der Waals surface area contributed by atoms with Crippen LogP contribution in [-0.4, -0.2) is 67.8 Å². The molecule has 248 valence electrons. The Morgan fingerprint density at radius 1 is 0.542 bits per heavy atom. The molecule has 4 aromatic carbocycles. The fraction of sp³-hybridized carbons (Fsp3) is 0.341. The number of carbonyl (C=O) groups excluding carboxylic acids is 3. The predicted molar refractivity (Wildman–Crippen MR) is 187 cm³/mol. The first-order valence-corrected chi connectivity index (χ1v) is 16.8. The van der Waals surface area contributed by atoms with Gasteiger partial charge in [-0.2, -0.15) is 0 Å². The van der Waals surface area contributed by atoms with Gasteiger partial charge in [0.25, 0.3) is 0 Å². The molecule has 0 bridgehead atoms. The topological polar surface area (TPSA) is 76.2 Å². The van der Waals surface area contributed by atoms with Gasteiger partial charge in [-0.25, -0.2) is 4.79 Å². The van der Waals surface area contributed by atoms with Crippen LogP contribution in [0.5, 0.6) is 11.5 Å². The lowest BCUT2D eigenvalue weighted by atomic mass is 9.76. The number of rotatable bonds is 8. The van der Waals surface area contributed by atoms with E-state index in [1.807, 2.05) is 121 Å². The SMILES string of the molecule is COc1ccc(C2CN(C(=O)N3CCC(C(=O)c4ccc(C)cc4)C(c4ccc(OC)cc4)C3)CCC2C(=O)c2ccc(C)cc2)cc1. The van der Waals surface area contributed by atoms with Crippen LogP contribution in [0.25, 0.3) is 0 Å². The Balaban J connectivity index is 1.25. The lowest BCUT2D eigenvalue weighted by molar-refractivity contribution is 0.0720. The Bertz CT molecular complexity index is 1600. The van der Waals surface area contributed by atoms with Crippen LogP contribution >= 0.6 is 0 Å². The van der Waals surface area contributed by atoms with E-state index < -0.39 is 0 Å². The van der Waals surface area contributed by atoms with Crippen molar-refractivity contribution in [2.75, 3.05) is 40.4 Å². The lowest BCUT2D eigenvalue weighted by Crippen LogP contribution is -2.53. The number of urea groups is 1. The van der Waals surface area contributed by atoms with Crippen molar-refractivity contribution in [3.63, 3.8) is 0 Å². The van der Waals surface area contributed by atoms with Crippen LogP contribution in [-0.2, 0) is 0 Å². The fourth-order valence-corrected chi connectivity index (χ4v) is 7.32. The van der Waals surface area contributed by atoms with Crippen LogP contribution < -0.4 is 9.47 Å². The standard InChI is InChI=1S/C41H44N2O5/c1-27-5-9-31(10-6-27)39(44)35-21-23-42(25-37(35)29-13-17-33(47-3)18-14-29)41(46)43-24-22-36(40(45)32-11-7-28(2)8-12-32)38(26-43)30-15-19-34(48-4)20-16-30/h5-20,35-38H,21-26H2,1-4H3. The second-order valence-electron chi connectivity index (χ2n) is 13.2. The van der Waals surface area contributed by atoms with Crippen molar-refractivity contribution >= 4 is 17.6 Å². The molecule has 2 fully saturated rings. The normalized spacial score (nSPS) is 21.0. The van der Waals surface area contributed by atoms with Crippen molar-refractivity contribution in [1.82, 2.24) is 9.80 Å². The number of carbonyl (C=O) groups is 3. The van der Waals surface area contributed by atoms with Crippen molar-refractivity contribution in [3.05, 3.63) is 130 Å². The summed E-state index contributed by atoms with van der Waals surface area (Å²) < 4.78 is 10.8. The first-order valence-electron chi connectivity index (χ1n) is 16.8. The van der Waals surface area contributed by atoms with Gasteiger partial charge in [0.05, 0.1) is 14.2 Å². The van der Waals surface area contributed by atoms with Gasteiger partial charge in [0.15, 0.2) is 11.6 Å². The lowest BCUT2D eigenvalue weighted by Gasteiger charge is -2.43. The molecule has 7 heteroatoms. The molecule has 6 rings (SSSR count). The highest BCUT2D eigenvalue weighted by Crippen LogP contribution is 2.39. The van der Waals surface area contributed by atoms with E-state index in [4.69, 9.17) is 9.47 Å². The summed E-state index contributed by atoms with van der Waals surface area (Å²) in [5.41, 5.74) is 5.64. The Hall–Kier alpha value is -4.91. The number of benzene rings is 4. The molecule has 4 aromatic rings. The average Bonchev–Trinajstić information content (AvgIpc) is 3.14. The summed E-state index contributed by atoms with van der Waals surface area (Å²) in [6.07, 6.45) is 1.14. The number of hydrogen-bond donors (Lipinski definition) is 0. The molecule has 2 saturated heterocycles. The molecule has 4 unspecified atom stereocenters. The third-order valence-corrected chi connectivity index (χ3v) is 10.2. The molecule has 2 heterocycles. The molecule has 2 amide bonds. The minimum absolute atomic E-state index is 0.0468. The third kappa shape index (κ3) is 7.01. The molecule has 4 atom stereocenters. The molecule has 2 aliphatic heterocycles. The summed E-state index contributed by atoms with van der Waals surface area (Å²) in [7, 11) is 3.27. The van der Waals surface area contributed by atoms with Crippen LogP contribution in [0, 0.1) is 25.7 Å². The summed E-state index contributed by atoms with van der Waals surface area (Å²) in [4.78, 5) is 45.9. The van der Waals surface area contributed by atoms with Gasteiger partial charge in [-0.05, 0) is 62.1 Å². The van der Waals surface area contributed by atoms with E-state index in [1.165, 1.54) is 0 Å². The highest BCUT2D eigenvalue weighted by molar-refractivity contribution is 5.99. The van der Waals surface area contributed by atoms with E-state index in [0.29, 0.717) is 50.1 Å². The number of methoxy groups -OCH3 is 2. The number of Topliss-reactive ketones (excluding diaryl/α,β-unsaturated/α-hetero) is 2. The zero-order valence-corrected chi connectivity index (χ0v) is 28.2. The number of hydrogen-bond acceptors (Lipinski definition) is 5. The Morgan fingerprint density at radius 3 is 1.23 bits per heavy atom. The van der Waals surface area contributed by atoms with Gasteiger partial charge < -0.3 is 19.3 Å². The third-order valence-electron chi connectivity index (χ3n) is 10.2. The summed E-state index contributed by atoms with van der Waals surface area (Å²) in [6, 6.07) is 31.2. The second kappa shape index (κ2) is 14.5. The number of nitrogens with zero attached hydrogens (tertiary/aromatic N) is 2. The first kappa shape index (κ1) is 33.0. The molecule has 0 saturated carbocycles. The van der Waals surface area contributed by atoms with Gasteiger partial charge in [-0.3, -0.25) is 9.59 Å². The number of aryl methyl sites for hydroxylation is 2. The van der Waals surface area contributed by atoms with Crippen molar-refractivity contribution in [2.45, 2.75) is 38.5 Å². The Labute approximate surface area is 283 Å². The number of amides is 2. The quantitative estimate of drug-likeness (QED) is 0.184. The van der Waals surface area contributed by atoms with Gasteiger partial charge in [0.2, 0.25) is 0 Å². The van der Waals surface area contributed by atoms with Gasteiger partial charge in [-0.15, -0.1) is 0 Å². The number of ketones is 2. The van der Waals surface area contributed by atoms with E-state index in [2.05, 4.69) is 0 Å². The smallest absolute Gasteiger partial charge is 0.320 e.